The van der Waals surface area contributed by atoms with Crippen LogP contribution in [0.25, 0.3) is 0 Å². The number of ether oxygens (including phenoxy) is 1. The monoisotopic (exact) mass is 206 g/mol. The molecule has 2 bridgehead atoms. The molecule has 0 N–H and O–H groups in total. The van der Waals surface area contributed by atoms with E-state index in [4.69, 9.17) is 4.74 Å². The first kappa shape index (κ1) is 8.39. The van der Waals surface area contributed by atoms with Gasteiger partial charge in [0.15, 0.2) is 0 Å². The summed E-state index contributed by atoms with van der Waals surface area (Å²) in [7, 11) is 0. The summed E-state index contributed by atoms with van der Waals surface area (Å²) in [6.07, 6.45) is 5.11. The molecular weight excluding hydrogens is 196 g/mol. The van der Waals surface area contributed by atoms with Gasteiger partial charge in [-0.05, 0) is 12.8 Å². The zero-order valence-corrected chi connectivity index (χ0v) is 8.46. The average Bonchev–Trinajstić information content (AvgIpc) is 2.93. The van der Waals surface area contributed by atoms with E-state index in [9.17, 15) is 5.26 Å². The second-order valence-corrected chi connectivity index (χ2v) is 4.84. The SMILES string of the molecule is N#CC1(c2nccs2)CC2CCC1O2. The summed E-state index contributed by atoms with van der Waals surface area (Å²) in [6, 6.07) is 2.43. The molecule has 0 aliphatic carbocycles. The summed E-state index contributed by atoms with van der Waals surface area (Å²) in [4.78, 5) is 4.28. The number of aromatic nitrogens is 1. The van der Waals surface area contributed by atoms with E-state index in [1.165, 1.54) is 0 Å². The highest BCUT2D eigenvalue weighted by atomic mass is 32.1. The Kier molecular flexibility index (Phi) is 1.67. The first-order valence-electron chi connectivity index (χ1n) is 4.82. The van der Waals surface area contributed by atoms with Crippen molar-refractivity contribution in [3.05, 3.63) is 16.6 Å². The summed E-state index contributed by atoms with van der Waals surface area (Å²) >= 11 is 1.57. The van der Waals surface area contributed by atoms with E-state index in [1.807, 2.05) is 5.38 Å². The average molecular weight is 206 g/mol. The van der Waals surface area contributed by atoms with E-state index >= 15 is 0 Å². The van der Waals surface area contributed by atoms with Crippen LogP contribution in [-0.2, 0) is 10.2 Å². The lowest BCUT2D eigenvalue weighted by molar-refractivity contribution is 0.0930. The van der Waals surface area contributed by atoms with Crippen molar-refractivity contribution in [2.24, 2.45) is 0 Å². The zero-order chi connectivity index (χ0) is 9.60. The van der Waals surface area contributed by atoms with Crippen LogP contribution in [0.15, 0.2) is 11.6 Å². The fourth-order valence-corrected chi connectivity index (χ4v) is 3.39. The molecule has 3 nitrogen and oxygen atoms in total. The van der Waals surface area contributed by atoms with Gasteiger partial charge in [0.1, 0.15) is 10.4 Å². The molecule has 3 unspecified atom stereocenters. The highest BCUT2D eigenvalue weighted by molar-refractivity contribution is 7.09. The molecule has 0 radical (unpaired) electrons. The molecule has 72 valence electrons. The molecule has 2 saturated heterocycles. The van der Waals surface area contributed by atoms with Gasteiger partial charge in [-0.3, -0.25) is 0 Å². The molecular formula is C10H10N2OS. The number of hydrogen-bond acceptors (Lipinski definition) is 4. The van der Waals surface area contributed by atoms with E-state index in [2.05, 4.69) is 11.1 Å². The maximum Gasteiger partial charge on any atom is 0.137 e. The summed E-state index contributed by atoms with van der Waals surface area (Å²) in [5, 5.41) is 12.2. The Balaban J connectivity index is 2.06. The van der Waals surface area contributed by atoms with Gasteiger partial charge in [-0.1, -0.05) is 0 Å². The van der Waals surface area contributed by atoms with E-state index in [0.717, 1.165) is 24.3 Å². The zero-order valence-electron chi connectivity index (χ0n) is 7.64. The molecule has 3 heterocycles. The Bertz CT molecular complexity index is 383. The molecule has 2 aliphatic rings. The highest BCUT2D eigenvalue weighted by Crippen LogP contribution is 2.49. The van der Waals surface area contributed by atoms with Gasteiger partial charge in [0.05, 0.1) is 18.3 Å². The molecule has 0 amide bonds. The third-order valence-corrected chi connectivity index (χ3v) is 4.17. The van der Waals surface area contributed by atoms with E-state index in [1.54, 1.807) is 17.5 Å². The summed E-state index contributed by atoms with van der Waals surface area (Å²) in [6.45, 7) is 0. The number of rotatable bonds is 1. The van der Waals surface area contributed by atoms with E-state index < -0.39 is 5.41 Å². The largest absolute Gasteiger partial charge is 0.373 e. The second-order valence-electron chi connectivity index (χ2n) is 3.95. The first-order valence-corrected chi connectivity index (χ1v) is 5.70. The van der Waals surface area contributed by atoms with Gasteiger partial charge in [0, 0.05) is 18.0 Å². The van der Waals surface area contributed by atoms with Crippen molar-refractivity contribution in [3.63, 3.8) is 0 Å². The Morgan fingerprint density at radius 3 is 3.07 bits per heavy atom. The quantitative estimate of drug-likeness (QED) is 0.704. The number of nitrogens with zero attached hydrogens (tertiary/aromatic N) is 2. The predicted octanol–water partition coefficient (Wildman–Crippen LogP) is 1.86. The summed E-state index contributed by atoms with van der Waals surface area (Å²) < 4.78 is 5.75. The fraction of sp³-hybridized carbons (Fsp3) is 0.600. The maximum absolute atomic E-state index is 9.35. The molecule has 0 spiro atoms. The lowest BCUT2D eigenvalue weighted by Crippen LogP contribution is -2.35. The van der Waals surface area contributed by atoms with Gasteiger partial charge in [-0.15, -0.1) is 11.3 Å². The van der Waals surface area contributed by atoms with Crippen molar-refractivity contribution in [1.29, 1.82) is 5.26 Å². The molecule has 1 aromatic heterocycles. The third-order valence-electron chi connectivity index (χ3n) is 3.22. The lowest BCUT2D eigenvalue weighted by Gasteiger charge is -2.25. The van der Waals surface area contributed by atoms with Crippen molar-refractivity contribution >= 4 is 11.3 Å². The van der Waals surface area contributed by atoms with Gasteiger partial charge in [0.25, 0.3) is 0 Å². The van der Waals surface area contributed by atoms with Crippen LogP contribution in [-0.4, -0.2) is 17.2 Å². The van der Waals surface area contributed by atoms with Crippen LogP contribution in [0.1, 0.15) is 24.3 Å². The van der Waals surface area contributed by atoms with E-state index in [0.29, 0.717) is 6.10 Å². The molecule has 2 fully saturated rings. The molecule has 3 atom stereocenters. The number of thiazole rings is 1. The number of hydrogen-bond donors (Lipinski definition) is 0. The molecule has 4 heteroatoms. The topological polar surface area (TPSA) is 45.9 Å². The Morgan fingerprint density at radius 2 is 2.57 bits per heavy atom. The minimum atomic E-state index is -0.433. The van der Waals surface area contributed by atoms with Crippen LogP contribution in [0.4, 0.5) is 0 Å². The second kappa shape index (κ2) is 2.78. The highest BCUT2D eigenvalue weighted by Gasteiger charge is 2.55. The van der Waals surface area contributed by atoms with E-state index in [-0.39, 0.29) is 6.10 Å². The lowest BCUT2D eigenvalue weighted by atomic mass is 9.75. The fourth-order valence-electron chi connectivity index (χ4n) is 2.54. The minimum Gasteiger partial charge on any atom is -0.373 e. The number of fused-ring (bicyclic) bond motifs is 2. The van der Waals surface area contributed by atoms with Gasteiger partial charge in [0.2, 0.25) is 0 Å². The van der Waals surface area contributed by atoms with Gasteiger partial charge < -0.3 is 4.74 Å². The standard InChI is InChI=1S/C10H10N2OS/c11-6-10(9-12-3-4-14-9)5-7-1-2-8(10)13-7/h3-4,7-8H,1-2,5H2. The minimum absolute atomic E-state index is 0.0867. The van der Waals surface area contributed by atoms with Crippen molar-refractivity contribution < 1.29 is 4.74 Å². The van der Waals surface area contributed by atoms with Crippen LogP contribution >= 0.6 is 11.3 Å². The van der Waals surface area contributed by atoms with Crippen molar-refractivity contribution in [1.82, 2.24) is 4.98 Å². The van der Waals surface area contributed by atoms with Crippen LogP contribution in [0.3, 0.4) is 0 Å². The Hall–Kier alpha value is -0.920. The molecule has 0 saturated carbocycles. The smallest absolute Gasteiger partial charge is 0.137 e. The Labute approximate surface area is 86.3 Å². The Morgan fingerprint density at radius 1 is 1.64 bits per heavy atom. The summed E-state index contributed by atoms with van der Waals surface area (Å²) in [5.74, 6) is 0. The van der Waals surface area contributed by atoms with Gasteiger partial charge in [-0.2, -0.15) is 5.26 Å². The summed E-state index contributed by atoms with van der Waals surface area (Å²) in [5.41, 5.74) is -0.433. The maximum atomic E-state index is 9.35. The number of nitriles is 1. The molecule has 2 aliphatic heterocycles. The van der Waals surface area contributed by atoms with Gasteiger partial charge in [-0.25, -0.2) is 4.98 Å². The molecule has 3 rings (SSSR count). The first-order chi connectivity index (χ1) is 6.85. The van der Waals surface area contributed by atoms with Crippen molar-refractivity contribution in [3.8, 4) is 6.07 Å². The van der Waals surface area contributed by atoms with Gasteiger partial charge >= 0.3 is 0 Å². The molecule has 1 aromatic rings. The van der Waals surface area contributed by atoms with Crippen molar-refractivity contribution in [2.45, 2.75) is 36.9 Å². The van der Waals surface area contributed by atoms with Crippen LogP contribution < -0.4 is 0 Å². The molecule has 0 aromatic carbocycles. The normalized spacial score (nSPS) is 39.9. The molecule has 14 heavy (non-hydrogen) atoms. The van der Waals surface area contributed by atoms with Crippen molar-refractivity contribution in [2.75, 3.05) is 0 Å². The third kappa shape index (κ3) is 0.915. The van der Waals surface area contributed by atoms with Crippen LogP contribution in [0.2, 0.25) is 0 Å². The predicted molar refractivity (Wildman–Crippen MR) is 51.9 cm³/mol. The van der Waals surface area contributed by atoms with Crippen LogP contribution in [0.5, 0.6) is 0 Å². The van der Waals surface area contributed by atoms with Crippen LogP contribution in [0, 0.1) is 11.3 Å².